The number of hydrogen-bond donors (Lipinski definition) is 0. The van der Waals surface area contributed by atoms with E-state index in [0.717, 1.165) is 23.6 Å². The summed E-state index contributed by atoms with van der Waals surface area (Å²) < 4.78 is 0. The average molecular weight is 310 g/mol. The second kappa shape index (κ2) is 5.49. The molecular weight excluding hydrogens is 290 g/mol. The van der Waals surface area contributed by atoms with Gasteiger partial charge in [0.1, 0.15) is 10.6 Å². The lowest BCUT2D eigenvalue weighted by Crippen LogP contribution is -2.39. The van der Waals surface area contributed by atoms with Crippen molar-refractivity contribution in [1.82, 2.24) is 9.97 Å². The van der Waals surface area contributed by atoms with Crippen LogP contribution in [-0.4, -0.2) is 22.6 Å². The normalized spacial score (nSPS) is 19.8. The van der Waals surface area contributed by atoms with Crippen LogP contribution in [0.1, 0.15) is 43.0 Å². The highest BCUT2D eigenvalue weighted by atomic mass is 35.5. The Bertz CT molecular complexity index is 638. The van der Waals surface area contributed by atoms with Gasteiger partial charge < -0.3 is 4.90 Å². The Morgan fingerprint density at radius 1 is 1.30 bits per heavy atom. The van der Waals surface area contributed by atoms with Gasteiger partial charge in [0.2, 0.25) is 5.28 Å². The summed E-state index contributed by atoms with van der Waals surface area (Å²) in [5.41, 5.74) is 1.30. The molecule has 3 heterocycles. The summed E-state index contributed by atoms with van der Waals surface area (Å²) in [5.74, 6) is 1.05. The number of rotatable bonds is 2. The average Bonchev–Trinajstić information content (AvgIpc) is 2.73. The molecule has 0 spiro atoms. The zero-order valence-corrected chi connectivity index (χ0v) is 13.8. The summed E-state index contributed by atoms with van der Waals surface area (Å²) in [7, 11) is 0. The molecule has 0 aromatic carbocycles. The number of aromatic nitrogens is 2. The molecule has 1 saturated heterocycles. The first kappa shape index (κ1) is 14.1. The van der Waals surface area contributed by atoms with Crippen LogP contribution in [0.5, 0.6) is 0 Å². The Kier molecular flexibility index (Phi) is 3.87. The fourth-order valence-corrected chi connectivity index (χ4v) is 4.35. The highest BCUT2D eigenvalue weighted by Gasteiger charge is 2.26. The van der Waals surface area contributed by atoms with Crippen LogP contribution in [0.15, 0.2) is 0 Å². The van der Waals surface area contributed by atoms with Crippen LogP contribution in [-0.2, 0) is 0 Å². The summed E-state index contributed by atoms with van der Waals surface area (Å²) >= 11 is 7.87. The minimum atomic E-state index is 0.370. The van der Waals surface area contributed by atoms with Crippen LogP contribution in [0.3, 0.4) is 0 Å². The summed E-state index contributed by atoms with van der Waals surface area (Å²) in [5, 5.41) is 1.58. The first-order valence-electron chi connectivity index (χ1n) is 7.31. The lowest BCUT2D eigenvalue weighted by atomic mass is 9.99. The van der Waals surface area contributed by atoms with Gasteiger partial charge in [-0.3, -0.25) is 0 Å². The molecule has 1 unspecified atom stereocenters. The molecule has 0 saturated carbocycles. The molecule has 0 N–H and O–H groups in total. The van der Waals surface area contributed by atoms with Crippen molar-refractivity contribution >= 4 is 39.0 Å². The lowest BCUT2D eigenvalue weighted by Gasteiger charge is -2.36. The van der Waals surface area contributed by atoms with Crippen LogP contribution in [0.4, 0.5) is 5.82 Å². The molecule has 1 aliphatic rings. The highest BCUT2D eigenvalue weighted by molar-refractivity contribution is 7.18. The van der Waals surface area contributed by atoms with Crippen molar-refractivity contribution in [3.05, 3.63) is 15.7 Å². The zero-order chi connectivity index (χ0) is 14.3. The fraction of sp³-hybridized carbons (Fsp3) is 0.600. The monoisotopic (exact) mass is 309 g/mol. The van der Waals surface area contributed by atoms with Gasteiger partial charge in [0.15, 0.2) is 0 Å². The summed E-state index contributed by atoms with van der Waals surface area (Å²) in [6, 6.07) is 0.581. The number of aryl methyl sites for hydroxylation is 2. The Hall–Kier alpha value is -0.870. The topological polar surface area (TPSA) is 29.0 Å². The Morgan fingerprint density at radius 3 is 2.85 bits per heavy atom. The molecule has 1 atom stereocenters. The van der Waals surface area contributed by atoms with E-state index < -0.39 is 0 Å². The summed E-state index contributed by atoms with van der Waals surface area (Å²) in [6.07, 6.45) is 4.97. The summed E-state index contributed by atoms with van der Waals surface area (Å²) in [4.78, 5) is 13.8. The van der Waals surface area contributed by atoms with E-state index in [-0.39, 0.29) is 0 Å². The van der Waals surface area contributed by atoms with Crippen LogP contribution in [0.25, 0.3) is 10.2 Å². The van der Waals surface area contributed by atoms with Crippen LogP contribution >= 0.6 is 22.9 Å². The van der Waals surface area contributed by atoms with Gasteiger partial charge in [-0.15, -0.1) is 11.3 Å². The predicted octanol–water partition coefficient (Wildman–Crippen LogP) is 4.73. The number of hydrogen-bond acceptors (Lipinski definition) is 4. The Balaban J connectivity index is 2.18. The number of fused-ring (bicyclic) bond motifs is 1. The van der Waals surface area contributed by atoms with Crippen molar-refractivity contribution in [2.24, 2.45) is 0 Å². The molecule has 5 heteroatoms. The second-order valence-electron chi connectivity index (χ2n) is 5.53. The second-order valence-corrected chi connectivity index (χ2v) is 7.07. The predicted molar refractivity (Wildman–Crippen MR) is 87.2 cm³/mol. The van der Waals surface area contributed by atoms with Crippen LogP contribution in [0, 0.1) is 13.8 Å². The van der Waals surface area contributed by atoms with Gasteiger partial charge in [-0.2, -0.15) is 4.98 Å². The maximum absolute atomic E-state index is 6.15. The van der Waals surface area contributed by atoms with E-state index >= 15 is 0 Å². The van der Waals surface area contributed by atoms with Crippen molar-refractivity contribution in [3.63, 3.8) is 0 Å². The SMILES string of the molecule is CCC1CCCCN1c1nc(Cl)nc2sc(C)c(C)c12. The number of halogens is 1. The van der Waals surface area contributed by atoms with E-state index in [9.17, 15) is 0 Å². The first-order chi connectivity index (χ1) is 9.61. The Morgan fingerprint density at radius 2 is 2.10 bits per heavy atom. The molecule has 2 aromatic rings. The van der Waals surface area contributed by atoms with E-state index in [1.807, 2.05) is 0 Å². The van der Waals surface area contributed by atoms with Gasteiger partial charge in [0.05, 0.1) is 5.39 Å². The van der Waals surface area contributed by atoms with Gasteiger partial charge >= 0.3 is 0 Å². The molecule has 3 rings (SSSR count). The van der Waals surface area contributed by atoms with Crippen molar-refractivity contribution in [1.29, 1.82) is 0 Å². The molecular formula is C15H20ClN3S. The first-order valence-corrected chi connectivity index (χ1v) is 8.51. The van der Waals surface area contributed by atoms with Gasteiger partial charge in [0.25, 0.3) is 0 Å². The minimum absolute atomic E-state index is 0.370. The van der Waals surface area contributed by atoms with Crippen molar-refractivity contribution in [2.45, 2.75) is 52.5 Å². The standard InChI is InChI=1S/C15H20ClN3S/c1-4-11-7-5-6-8-19(11)13-12-9(2)10(3)20-14(12)18-15(16)17-13/h11H,4-8H2,1-3H3. The fourth-order valence-electron chi connectivity index (χ4n) is 3.11. The van der Waals surface area contributed by atoms with E-state index in [1.165, 1.54) is 35.1 Å². The van der Waals surface area contributed by atoms with Gasteiger partial charge in [-0.25, -0.2) is 4.98 Å². The third-order valence-electron chi connectivity index (χ3n) is 4.35. The van der Waals surface area contributed by atoms with Crippen LogP contribution < -0.4 is 4.90 Å². The third kappa shape index (κ3) is 2.29. The highest BCUT2D eigenvalue weighted by Crippen LogP contribution is 2.38. The quantitative estimate of drug-likeness (QED) is 0.751. The molecule has 0 amide bonds. The molecule has 1 fully saturated rings. The Labute approximate surface area is 129 Å². The van der Waals surface area contributed by atoms with Gasteiger partial charge in [-0.05, 0) is 56.7 Å². The molecule has 20 heavy (non-hydrogen) atoms. The largest absolute Gasteiger partial charge is 0.353 e. The lowest BCUT2D eigenvalue weighted by molar-refractivity contribution is 0.448. The van der Waals surface area contributed by atoms with Gasteiger partial charge in [0, 0.05) is 17.5 Å². The van der Waals surface area contributed by atoms with E-state index in [1.54, 1.807) is 11.3 Å². The maximum Gasteiger partial charge on any atom is 0.225 e. The molecule has 2 aromatic heterocycles. The van der Waals surface area contributed by atoms with Gasteiger partial charge in [-0.1, -0.05) is 6.92 Å². The molecule has 3 nitrogen and oxygen atoms in total. The zero-order valence-electron chi connectivity index (χ0n) is 12.2. The van der Waals surface area contributed by atoms with Crippen molar-refractivity contribution < 1.29 is 0 Å². The molecule has 0 bridgehead atoms. The molecule has 1 aliphatic heterocycles. The van der Waals surface area contributed by atoms with Crippen molar-refractivity contribution in [2.75, 3.05) is 11.4 Å². The van der Waals surface area contributed by atoms with E-state index in [4.69, 9.17) is 11.6 Å². The third-order valence-corrected chi connectivity index (χ3v) is 5.62. The number of thiophene rings is 1. The maximum atomic E-state index is 6.15. The smallest absolute Gasteiger partial charge is 0.225 e. The van der Waals surface area contributed by atoms with E-state index in [2.05, 4.69) is 35.6 Å². The summed E-state index contributed by atoms with van der Waals surface area (Å²) in [6.45, 7) is 7.65. The van der Waals surface area contributed by atoms with Crippen LogP contribution in [0.2, 0.25) is 5.28 Å². The molecule has 0 radical (unpaired) electrons. The number of anilines is 1. The molecule has 108 valence electrons. The number of nitrogens with zero attached hydrogens (tertiary/aromatic N) is 3. The van der Waals surface area contributed by atoms with Crippen molar-refractivity contribution in [3.8, 4) is 0 Å². The molecule has 0 aliphatic carbocycles. The van der Waals surface area contributed by atoms with E-state index in [0.29, 0.717) is 11.3 Å². The minimum Gasteiger partial charge on any atom is -0.353 e. The number of piperidine rings is 1.